The molecule has 108 valence electrons. The molecule has 1 aromatic rings. The van der Waals surface area contributed by atoms with Gasteiger partial charge in [-0.1, -0.05) is 61.8 Å². The van der Waals surface area contributed by atoms with Crippen LogP contribution in [0, 0.1) is 11.3 Å². The van der Waals surface area contributed by atoms with Crippen molar-refractivity contribution >= 4 is 15.9 Å². The maximum atomic E-state index is 5.72. The second-order valence-corrected chi connectivity index (χ2v) is 7.62. The lowest BCUT2D eigenvalue weighted by atomic mass is 9.82. The van der Waals surface area contributed by atoms with Gasteiger partial charge in [0.25, 0.3) is 0 Å². The van der Waals surface area contributed by atoms with E-state index < -0.39 is 0 Å². The molecule has 3 heteroatoms. The summed E-state index contributed by atoms with van der Waals surface area (Å²) >= 11 is 3.60. The molecule has 0 spiro atoms. The van der Waals surface area contributed by atoms with Crippen molar-refractivity contribution in [2.24, 2.45) is 17.2 Å². The van der Waals surface area contributed by atoms with E-state index in [4.69, 9.17) is 5.84 Å². The lowest BCUT2D eigenvalue weighted by molar-refractivity contribution is 0.274. The van der Waals surface area contributed by atoms with Crippen molar-refractivity contribution < 1.29 is 0 Å². The summed E-state index contributed by atoms with van der Waals surface area (Å²) in [5, 5.41) is 0. The van der Waals surface area contributed by atoms with Crippen LogP contribution in [0.5, 0.6) is 0 Å². The molecular weight excluding hydrogens is 300 g/mol. The van der Waals surface area contributed by atoms with Crippen molar-refractivity contribution in [3.63, 3.8) is 0 Å². The van der Waals surface area contributed by atoms with Crippen molar-refractivity contribution in [3.8, 4) is 0 Å². The number of rotatable bonds is 6. The monoisotopic (exact) mass is 326 g/mol. The molecule has 19 heavy (non-hydrogen) atoms. The van der Waals surface area contributed by atoms with Crippen molar-refractivity contribution in [1.82, 2.24) is 5.43 Å². The fraction of sp³-hybridized carbons (Fsp3) is 0.625. The van der Waals surface area contributed by atoms with E-state index in [1.807, 2.05) is 6.07 Å². The van der Waals surface area contributed by atoms with Gasteiger partial charge in [-0.25, -0.2) is 0 Å². The number of nitrogens with two attached hydrogens (primary N) is 1. The molecule has 2 unspecified atom stereocenters. The summed E-state index contributed by atoms with van der Waals surface area (Å²) in [6.07, 6.45) is 3.29. The van der Waals surface area contributed by atoms with Crippen LogP contribution in [0.3, 0.4) is 0 Å². The molecule has 0 saturated carbocycles. The molecule has 0 radical (unpaired) electrons. The van der Waals surface area contributed by atoms with Crippen LogP contribution in [0.2, 0.25) is 0 Å². The van der Waals surface area contributed by atoms with Gasteiger partial charge < -0.3 is 0 Å². The Morgan fingerprint density at radius 3 is 2.42 bits per heavy atom. The van der Waals surface area contributed by atoms with Crippen molar-refractivity contribution in [2.75, 3.05) is 0 Å². The van der Waals surface area contributed by atoms with Gasteiger partial charge in [-0.15, -0.1) is 0 Å². The molecule has 0 saturated heterocycles. The maximum Gasteiger partial charge on any atom is 0.0253 e. The second-order valence-electron chi connectivity index (χ2n) is 6.76. The molecule has 0 fully saturated rings. The van der Waals surface area contributed by atoms with E-state index in [0.717, 1.165) is 12.8 Å². The molecule has 0 aliphatic rings. The quantitative estimate of drug-likeness (QED) is 0.604. The van der Waals surface area contributed by atoms with Gasteiger partial charge in [0.05, 0.1) is 0 Å². The van der Waals surface area contributed by atoms with Gasteiger partial charge in [0, 0.05) is 10.5 Å². The Labute approximate surface area is 126 Å². The van der Waals surface area contributed by atoms with Gasteiger partial charge in [-0.05, 0) is 42.2 Å². The van der Waals surface area contributed by atoms with Crippen molar-refractivity contribution in [2.45, 2.75) is 53.0 Å². The van der Waals surface area contributed by atoms with Gasteiger partial charge in [0.1, 0.15) is 0 Å². The largest absolute Gasteiger partial charge is 0.271 e. The lowest BCUT2D eigenvalue weighted by Gasteiger charge is -2.26. The molecule has 0 amide bonds. The van der Waals surface area contributed by atoms with E-state index >= 15 is 0 Å². The molecule has 2 nitrogen and oxygen atoms in total. The Hall–Kier alpha value is -0.380. The molecule has 0 aliphatic heterocycles. The summed E-state index contributed by atoms with van der Waals surface area (Å²) in [5.41, 5.74) is 4.67. The zero-order valence-corrected chi connectivity index (χ0v) is 14.1. The third kappa shape index (κ3) is 6.55. The molecule has 3 N–H and O–H groups in total. The van der Waals surface area contributed by atoms with Crippen LogP contribution in [-0.2, 0) is 6.42 Å². The number of nitrogens with one attached hydrogen (secondary N) is 1. The van der Waals surface area contributed by atoms with Gasteiger partial charge in [0.2, 0.25) is 0 Å². The highest BCUT2D eigenvalue weighted by atomic mass is 79.9. The Balaban J connectivity index is 2.57. The zero-order valence-electron chi connectivity index (χ0n) is 12.5. The average molecular weight is 327 g/mol. The van der Waals surface area contributed by atoms with Gasteiger partial charge in [-0.2, -0.15) is 0 Å². The van der Waals surface area contributed by atoms with E-state index in [1.54, 1.807) is 0 Å². The molecule has 0 bridgehead atoms. The second kappa shape index (κ2) is 7.41. The highest BCUT2D eigenvalue weighted by Crippen LogP contribution is 2.27. The van der Waals surface area contributed by atoms with Crippen molar-refractivity contribution in [3.05, 3.63) is 34.3 Å². The first-order chi connectivity index (χ1) is 8.81. The minimum Gasteiger partial charge on any atom is -0.271 e. The first-order valence-corrected chi connectivity index (χ1v) is 7.80. The standard InChI is InChI=1S/C16H27BrN2/c1-12(11-16(2,3)4)9-14(19-18)10-13-7-5-6-8-15(13)17/h5-8,12,14,19H,9-11,18H2,1-4H3. The zero-order chi connectivity index (χ0) is 14.5. The maximum absolute atomic E-state index is 5.72. The van der Waals surface area contributed by atoms with Crippen LogP contribution in [0.25, 0.3) is 0 Å². The average Bonchev–Trinajstić information content (AvgIpc) is 2.28. The summed E-state index contributed by atoms with van der Waals surface area (Å²) in [6.45, 7) is 9.20. The molecule has 0 aliphatic carbocycles. The molecule has 0 aromatic heterocycles. The highest BCUT2D eigenvalue weighted by Gasteiger charge is 2.19. The summed E-state index contributed by atoms with van der Waals surface area (Å²) in [4.78, 5) is 0. The van der Waals surface area contributed by atoms with Crippen LogP contribution in [0.1, 0.15) is 46.1 Å². The predicted molar refractivity (Wildman–Crippen MR) is 86.8 cm³/mol. The van der Waals surface area contributed by atoms with E-state index in [0.29, 0.717) is 17.4 Å². The summed E-state index contributed by atoms with van der Waals surface area (Å²) in [7, 11) is 0. The van der Waals surface area contributed by atoms with Gasteiger partial charge >= 0.3 is 0 Å². The first-order valence-electron chi connectivity index (χ1n) is 7.01. The van der Waals surface area contributed by atoms with Crippen LogP contribution in [-0.4, -0.2) is 6.04 Å². The summed E-state index contributed by atoms with van der Waals surface area (Å²) < 4.78 is 1.17. The summed E-state index contributed by atoms with van der Waals surface area (Å²) in [6, 6.07) is 8.69. The highest BCUT2D eigenvalue weighted by molar-refractivity contribution is 9.10. The number of hydrogen-bond acceptors (Lipinski definition) is 2. The smallest absolute Gasteiger partial charge is 0.0253 e. The molecular formula is C16H27BrN2. The van der Waals surface area contributed by atoms with E-state index in [-0.39, 0.29) is 0 Å². The lowest BCUT2D eigenvalue weighted by Crippen LogP contribution is -2.38. The summed E-state index contributed by atoms with van der Waals surface area (Å²) in [5.74, 6) is 6.39. The third-order valence-electron chi connectivity index (χ3n) is 3.31. The molecule has 2 atom stereocenters. The number of benzene rings is 1. The van der Waals surface area contributed by atoms with Gasteiger partial charge in [-0.3, -0.25) is 11.3 Å². The Kier molecular flexibility index (Phi) is 6.51. The molecule has 1 aromatic carbocycles. The van der Waals surface area contributed by atoms with Crippen LogP contribution in [0.4, 0.5) is 0 Å². The van der Waals surface area contributed by atoms with E-state index in [2.05, 4.69) is 67.2 Å². The van der Waals surface area contributed by atoms with Crippen LogP contribution in [0.15, 0.2) is 28.7 Å². The SMILES string of the molecule is CC(CC(Cc1ccccc1Br)NN)CC(C)(C)C. The molecule has 0 heterocycles. The first kappa shape index (κ1) is 16.7. The topological polar surface area (TPSA) is 38.0 Å². The van der Waals surface area contributed by atoms with E-state index in [9.17, 15) is 0 Å². The minimum atomic E-state index is 0.330. The Morgan fingerprint density at radius 2 is 1.89 bits per heavy atom. The molecule has 1 rings (SSSR count). The fourth-order valence-electron chi connectivity index (χ4n) is 2.75. The predicted octanol–water partition coefficient (Wildman–Crippen LogP) is 4.29. The van der Waals surface area contributed by atoms with Gasteiger partial charge in [0.15, 0.2) is 0 Å². The van der Waals surface area contributed by atoms with Crippen LogP contribution >= 0.6 is 15.9 Å². The van der Waals surface area contributed by atoms with Crippen LogP contribution < -0.4 is 11.3 Å². The minimum absolute atomic E-state index is 0.330. The number of hydrazine groups is 1. The van der Waals surface area contributed by atoms with E-state index in [1.165, 1.54) is 16.5 Å². The number of halogens is 1. The third-order valence-corrected chi connectivity index (χ3v) is 4.08. The Morgan fingerprint density at radius 1 is 1.26 bits per heavy atom. The Bertz CT molecular complexity index is 385. The number of hydrogen-bond donors (Lipinski definition) is 2. The van der Waals surface area contributed by atoms with Crippen molar-refractivity contribution in [1.29, 1.82) is 0 Å². The normalized spacial score (nSPS) is 15.3. The fourth-order valence-corrected chi connectivity index (χ4v) is 3.20.